The van der Waals surface area contributed by atoms with Crippen molar-refractivity contribution >= 4 is 15.9 Å². The molecule has 0 aromatic rings. The fourth-order valence-electron chi connectivity index (χ4n) is 1.56. The lowest BCUT2D eigenvalue weighted by Gasteiger charge is -2.22. The summed E-state index contributed by atoms with van der Waals surface area (Å²) in [6.07, 6.45) is 2.90. The molecular weight excluding hydrogens is 204 g/mol. The molecule has 0 aromatic heterocycles. The molecule has 80 valence electrons. The second kappa shape index (κ2) is 3.51. The summed E-state index contributed by atoms with van der Waals surface area (Å²) in [6.45, 7) is 0.653. The molecule has 1 saturated heterocycles. The minimum Gasteiger partial charge on any atom is -0.355 e. The molecule has 1 aliphatic carbocycles. The van der Waals surface area contributed by atoms with Crippen LogP contribution < -0.4 is 10.0 Å². The van der Waals surface area contributed by atoms with Gasteiger partial charge in [0.15, 0.2) is 0 Å². The average molecular weight is 218 g/mol. The van der Waals surface area contributed by atoms with Gasteiger partial charge in [-0.25, -0.2) is 13.1 Å². The van der Waals surface area contributed by atoms with Crippen molar-refractivity contribution in [1.82, 2.24) is 10.0 Å². The topological polar surface area (TPSA) is 75.3 Å². The highest BCUT2D eigenvalue weighted by molar-refractivity contribution is 7.90. The van der Waals surface area contributed by atoms with Crippen molar-refractivity contribution in [2.75, 3.05) is 6.54 Å². The lowest BCUT2D eigenvalue weighted by Crippen LogP contribution is -2.50. The lowest BCUT2D eigenvalue weighted by molar-refractivity contribution is -0.124. The molecule has 1 amide bonds. The summed E-state index contributed by atoms with van der Waals surface area (Å²) in [4.78, 5) is 11.3. The van der Waals surface area contributed by atoms with Crippen molar-refractivity contribution in [2.45, 2.75) is 37.0 Å². The van der Waals surface area contributed by atoms with Crippen LogP contribution in [0.3, 0.4) is 0 Å². The molecule has 2 fully saturated rings. The molecule has 0 aromatic carbocycles. The number of amides is 1. The summed E-state index contributed by atoms with van der Waals surface area (Å²) >= 11 is 0. The van der Waals surface area contributed by atoms with E-state index >= 15 is 0 Å². The molecule has 6 heteroatoms. The number of piperidine rings is 1. The number of nitrogens with one attached hydrogen (secondary N) is 2. The number of sulfonamides is 1. The predicted molar refractivity (Wildman–Crippen MR) is 51.1 cm³/mol. The van der Waals surface area contributed by atoms with Gasteiger partial charge in [0.1, 0.15) is 6.04 Å². The van der Waals surface area contributed by atoms with Gasteiger partial charge in [-0.3, -0.25) is 4.79 Å². The summed E-state index contributed by atoms with van der Waals surface area (Å²) in [5, 5.41) is 2.40. The van der Waals surface area contributed by atoms with Crippen LogP contribution in [0.5, 0.6) is 0 Å². The standard InChI is InChI=1S/C8H14N2O3S/c11-8-7(2-1-5-9-8)10-14(12,13)6-3-4-6/h6-7,10H,1-5H2,(H,9,11)/t7-/m0/s1. The first kappa shape index (κ1) is 9.92. The molecule has 1 aliphatic heterocycles. The van der Waals surface area contributed by atoms with Crippen molar-refractivity contribution < 1.29 is 13.2 Å². The van der Waals surface area contributed by atoms with Gasteiger partial charge in [0.05, 0.1) is 5.25 Å². The third-order valence-electron chi connectivity index (χ3n) is 2.56. The summed E-state index contributed by atoms with van der Waals surface area (Å²) in [5.41, 5.74) is 0. The minimum atomic E-state index is -3.23. The first-order valence-electron chi connectivity index (χ1n) is 4.88. The highest BCUT2D eigenvalue weighted by Crippen LogP contribution is 2.27. The Hall–Kier alpha value is -0.620. The molecule has 0 bridgehead atoms. The molecule has 0 spiro atoms. The third kappa shape index (κ3) is 2.06. The molecule has 2 N–H and O–H groups in total. The van der Waals surface area contributed by atoms with E-state index < -0.39 is 16.1 Å². The van der Waals surface area contributed by atoms with Gasteiger partial charge in [0.25, 0.3) is 0 Å². The molecule has 1 heterocycles. The summed E-state index contributed by atoms with van der Waals surface area (Å²) in [6, 6.07) is -0.547. The van der Waals surface area contributed by atoms with Crippen molar-refractivity contribution in [1.29, 1.82) is 0 Å². The Labute approximate surface area is 83.3 Å². The van der Waals surface area contributed by atoms with E-state index in [9.17, 15) is 13.2 Å². The Balaban J connectivity index is 1.98. The molecule has 14 heavy (non-hydrogen) atoms. The molecule has 5 nitrogen and oxygen atoms in total. The molecule has 2 aliphatic rings. The zero-order chi connectivity index (χ0) is 10.2. The fourth-order valence-corrected chi connectivity index (χ4v) is 3.13. The highest BCUT2D eigenvalue weighted by atomic mass is 32.2. The maximum absolute atomic E-state index is 11.5. The van der Waals surface area contributed by atoms with E-state index in [0.29, 0.717) is 13.0 Å². The number of carbonyl (C=O) groups is 1. The normalized spacial score (nSPS) is 28.6. The zero-order valence-corrected chi connectivity index (χ0v) is 8.64. The molecule has 0 unspecified atom stereocenters. The smallest absolute Gasteiger partial charge is 0.238 e. The minimum absolute atomic E-state index is 0.194. The lowest BCUT2D eigenvalue weighted by atomic mass is 10.1. The van der Waals surface area contributed by atoms with E-state index in [4.69, 9.17) is 0 Å². The van der Waals surface area contributed by atoms with Crippen molar-refractivity contribution in [2.24, 2.45) is 0 Å². The van der Waals surface area contributed by atoms with Crippen molar-refractivity contribution in [3.05, 3.63) is 0 Å². The van der Waals surface area contributed by atoms with Gasteiger partial charge in [-0.05, 0) is 25.7 Å². The second-order valence-electron chi connectivity index (χ2n) is 3.85. The van der Waals surface area contributed by atoms with E-state index in [0.717, 1.165) is 19.3 Å². The average Bonchev–Trinajstić information content (AvgIpc) is 2.91. The number of hydrogen-bond donors (Lipinski definition) is 2. The number of carbonyl (C=O) groups excluding carboxylic acids is 1. The van der Waals surface area contributed by atoms with Gasteiger partial charge in [-0.2, -0.15) is 0 Å². The third-order valence-corrected chi connectivity index (χ3v) is 4.52. The van der Waals surface area contributed by atoms with Gasteiger partial charge in [0.2, 0.25) is 15.9 Å². The van der Waals surface area contributed by atoms with Gasteiger partial charge in [0, 0.05) is 6.54 Å². The first-order valence-corrected chi connectivity index (χ1v) is 6.43. The monoisotopic (exact) mass is 218 g/mol. The van der Waals surface area contributed by atoms with Crippen LogP contribution in [0.15, 0.2) is 0 Å². The Morgan fingerprint density at radius 2 is 2.00 bits per heavy atom. The van der Waals surface area contributed by atoms with Gasteiger partial charge >= 0.3 is 0 Å². The van der Waals surface area contributed by atoms with E-state index in [2.05, 4.69) is 10.0 Å². The van der Waals surface area contributed by atoms with E-state index in [1.165, 1.54) is 0 Å². The van der Waals surface area contributed by atoms with Crippen LogP contribution in [0.1, 0.15) is 25.7 Å². The summed E-state index contributed by atoms with van der Waals surface area (Å²) in [7, 11) is -3.23. The summed E-state index contributed by atoms with van der Waals surface area (Å²) in [5.74, 6) is -0.194. The van der Waals surface area contributed by atoms with Crippen LogP contribution in [0, 0.1) is 0 Å². The molecule has 1 atom stereocenters. The van der Waals surface area contributed by atoms with Crippen LogP contribution in [0.25, 0.3) is 0 Å². The zero-order valence-electron chi connectivity index (χ0n) is 7.82. The maximum Gasteiger partial charge on any atom is 0.238 e. The molecular formula is C8H14N2O3S. The predicted octanol–water partition coefficient (Wildman–Crippen LogP) is -0.653. The van der Waals surface area contributed by atoms with E-state index in [1.807, 2.05) is 0 Å². The van der Waals surface area contributed by atoms with Crippen molar-refractivity contribution in [3.8, 4) is 0 Å². The van der Waals surface area contributed by atoms with Gasteiger partial charge in [-0.15, -0.1) is 0 Å². The van der Waals surface area contributed by atoms with Crippen LogP contribution in [-0.4, -0.2) is 32.2 Å². The van der Waals surface area contributed by atoms with Crippen LogP contribution in [0.2, 0.25) is 0 Å². The van der Waals surface area contributed by atoms with Crippen molar-refractivity contribution in [3.63, 3.8) is 0 Å². The largest absolute Gasteiger partial charge is 0.355 e. The maximum atomic E-state index is 11.5. The van der Waals surface area contributed by atoms with Gasteiger partial charge < -0.3 is 5.32 Å². The second-order valence-corrected chi connectivity index (χ2v) is 5.84. The SMILES string of the molecule is O=C1NCCC[C@@H]1NS(=O)(=O)C1CC1. The van der Waals surface area contributed by atoms with Crippen LogP contribution in [-0.2, 0) is 14.8 Å². The first-order chi connectivity index (χ1) is 6.59. The molecule has 2 rings (SSSR count). The Bertz CT molecular complexity index is 334. The number of rotatable bonds is 3. The Kier molecular flexibility index (Phi) is 2.48. The fraction of sp³-hybridized carbons (Fsp3) is 0.875. The Morgan fingerprint density at radius 1 is 1.29 bits per heavy atom. The van der Waals surface area contributed by atoms with E-state index in [1.54, 1.807) is 0 Å². The van der Waals surface area contributed by atoms with Crippen LogP contribution >= 0.6 is 0 Å². The highest BCUT2D eigenvalue weighted by Gasteiger charge is 2.38. The quantitative estimate of drug-likeness (QED) is 0.661. The molecule has 0 radical (unpaired) electrons. The van der Waals surface area contributed by atoms with Crippen LogP contribution in [0.4, 0.5) is 0 Å². The molecule has 1 saturated carbocycles. The Morgan fingerprint density at radius 3 is 2.57 bits per heavy atom. The summed E-state index contributed by atoms with van der Waals surface area (Å²) < 4.78 is 25.5. The van der Waals surface area contributed by atoms with E-state index in [-0.39, 0.29) is 11.2 Å². The van der Waals surface area contributed by atoms with Gasteiger partial charge in [-0.1, -0.05) is 0 Å². The number of hydrogen-bond acceptors (Lipinski definition) is 3.